The minimum Gasteiger partial charge on any atom is -0.379 e. The summed E-state index contributed by atoms with van der Waals surface area (Å²) >= 11 is 0. The molecular formula is C12H19N3O3. The first kappa shape index (κ1) is 13.0. The predicted octanol–water partition coefficient (Wildman–Crippen LogP) is 0.193. The average molecular weight is 253 g/mol. The summed E-state index contributed by atoms with van der Waals surface area (Å²) in [5, 5.41) is 3.00. The van der Waals surface area contributed by atoms with Crippen molar-refractivity contribution in [2.75, 3.05) is 19.8 Å². The molecule has 0 aromatic carbocycles. The SMILES string of the molecule is CCO[C@@H]1COCC[C@H]1NC(=O)Cn1ccnc1. The Hall–Kier alpha value is -1.40. The Kier molecular flexibility index (Phi) is 4.72. The fraction of sp³-hybridized carbons (Fsp3) is 0.667. The molecule has 100 valence electrons. The van der Waals surface area contributed by atoms with Gasteiger partial charge in [0.25, 0.3) is 0 Å². The van der Waals surface area contributed by atoms with Crippen LogP contribution in [0.1, 0.15) is 13.3 Å². The highest BCUT2D eigenvalue weighted by atomic mass is 16.5. The number of rotatable bonds is 5. The standard InChI is InChI=1S/C12H19N3O3/c1-2-18-11-8-17-6-3-10(11)14-12(16)7-15-5-4-13-9-15/h4-5,9-11H,2-3,6-8H2,1H3,(H,14,16)/t10-,11-/m1/s1. The molecule has 1 aromatic heterocycles. The van der Waals surface area contributed by atoms with Crippen LogP contribution in [0.4, 0.5) is 0 Å². The maximum Gasteiger partial charge on any atom is 0.240 e. The van der Waals surface area contributed by atoms with Crippen LogP contribution in [0.25, 0.3) is 0 Å². The largest absolute Gasteiger partial charge is 0.379 e. The van der Waals surface area contributed by atoms with E-state index in [0.29, 0.717) is 19.8 Å². The Morgan fingerprint density at radius 3 is 3.28 bits per heavy atom. The molecule has 18 heavy (non-hydrogen) atoms. The molecule has 0 unspecified atom stereocenters. The summed E-state index contributed by atoms with van der Waals surface area (Å²) in [5.74, 6) is -0.0235. The number of nitrogens with zero attached hydrogens (tertiary/aromatic N) is 2. The molecule has 2 rings (SSSR count). The lowest BCUT2D eigenvalue weighted by Gasteiger charge is -2.31. The molecule has 0 aliphatic carbocycles. The molecule has 0 spiro atoms. The van der Waals surface area contributed by atoms with Gasteiger partial charge in [-0.25, -0.2) is 4.98 Å². The third-order valence-electron chi connectivity index (χ3n) is 2.92. The molecule has 6 heteroatoms. The van der Waals surface area contributed by atoms with Crippen molar-refractivity contribution >= 4 is 5.91 Å². The van der Waals surface area contributed by atoms with E-state index in [4.69, 9.17) is 9.47 Å². The summed E-state index contributed by atoms with van der Waals surface area (Å²) in [7, 11) is 0. The van der Waals surface area contributed by atoms with Crippen LogP contribution in [0.3, 0.4) is 0 Å². The van der Waals surface area contributed by atoms with E-state index in [0.717, 1.165) is 6.42 Å². The summed E-state index contributed by atoms with van der Waals surface area (Å²) in [6.07, 6.45) is 5.80. The average Bonchev–Trinajstić information content (AvgIpc) is 2.84. The monoisotopic (exact) mass is 253 g/mol. The van der Waals surface area contributed by atoms with E-state index in [1.807, 2.05) is 6.92 Å². The van der Waals surface area contributed by atoms with Crippen molar-refractivity contribution in [1.82, 2.24) is 14.9 Å². The number of carbonyl (C=O) groups excluding carboxylic acids is 1. The third-order valence-corrected chi connectivity index (χ3v) is 2.92. The second kappa shape index (κ2) is 6.51. The van der Waals surface area contributed by atoms with Gasteiger partial charge in [-0.05, 0) is 13.3 Å². The highest BCUT2D eigenvalue weighted by Gasteiger charge is 2.27. The molecular weight excluding hydrogens is 234 g/mol. The molecule has 1 amide bonds. The third kappa shape index (κ3) is 3.54. The smallest absolute Gasteiger partial charge is 0.240 e. The first-order chi connectivity index (χ1) is 8.79. The summed E-state index contributed by atoms with van der Waals surface area (Å²) < 4.78 is 12.7. The minimum absolute atomic E-state index is 0.0235. The molecule has 6 nitrogen and oxygen atoms in total. The fourth-order valence-corrected chi connectivity index (χ4v) is 2.05. The Morgan fingerprint density at radius 1 is 1.67 bits per heavy atom. The molecule has 1 aliphatic heterocycles. The van der Waals surface area contributed by atoms with Crippen LogP contribution in [-0.2, 0) is 20.8 Å². The van der Waals surface area contributed by atoms with Gasteiger partial charge in [0.2, 0.25) is 5.91 Å². The van der Waals surface area contributed by atoms with Crippen LogP contribution in [-0.4, -0.2) is 47.4 Å². The lowest BCUT2D eigenvalue weighted by molar-refractivity contribution is -0.126. The molecule has 2 atom stereocenters. The van der Waals surface area contributed by atoms with E-state index in [1.165, 1.54) is 0 Å². The molecule has 0 saturated carbocycles. The van der Waals surface area contributed by atoms with Crippen LogP contribution in [0.15, 0.2) is 18.7 Å². The van der Waals surface area contributed by atoms with Crippen LogP contribution < -0.4 is 5.32 Å². The van der Waals surface area contributed by atoms with E-state index in [1.54, 1.807) is 23.3 Å². The van der Waals surface area contributed by atoms with Crippen molar-refractivity contribution in [3.05, 3.63) is 18.7 Å². The highest BCUT2D eigenvalue weighted by Crippen LogP contribution is 2.11. The summed E-state index contributed by atoms with van der Waals surface area (Å²) in [5.41, 5.74) is 0. The maximum atomic E-state index is 11.9. The number of hydrogen-bond donors (Lipinski definition) is 1. The molecule has 0 radical (unpaired) electrons. The van der Waals surface area contributed by atoms with Crippen molar-refractivity contribution in [1.29, 1.82) is 0 Å². The van der Waals surface area contributed by atoms with E-state index in [-0.39, 0.29) is 24.6 Å². The Balaban J connectivity index is 1.84. The Morgan fingerprint density at radius 2 is 2.56 bits per heavy atom. The van der Waals surface area contributed by atoms with Crippen molar-refractivity contribution in [3.63, 3.8) is 0 Å². The van der Waals surface area contributed by atoms with Gasteiger partial charge in [-0.2, -0.15) is 0 Å². The van der Waals surface area contributed by atoms with Crippen molar-refractivity contribution < 1.29 is 14.3 Å². The minimum atomic E-state index is -0.0458. The van der Waals surface area contributed by atoms with Gasteiger partial charge in [0.1, 0.15) is 12.6 Å². The van der Waals surface area contributed by atoms with Gasteiger partial charge in [0.15, 0.2) is 0 Å². The van der Waals surface area contributed by atoms with Gasteiger partial charge >= 0.3 is 0 Å². The number of carbonyl (C=O) groups is 1. The summed E-state index contributed by atoms with van der Waals surface area (Å²) in [4.78, 5) is 15.8. The van der Waals surface area contributed by atoms with Gasteiger partial charge in [-0.1, -0.05) is 0 Å². The van der Waals surface area contributed by atoms with Crippen LogP contribution in [0.2, 0.25) is 0 Å². The van der Waals surface area contributed by atoms with E-state index in [2.05, 4.69) is 10.3 Å². The zero-order valence-corrected chi connectivity index (χ0v) is 10.5. The number of nitrogens with one attached hydrogen (secondary N) is 1. The topological polar surface area (TPSA) is 65.4 Å². The second-order valence-corrected chi connectivity index (χ2v) is 4.27. The Bertz CT molecular complexity index is 365. The van der Waals surface area contributed by atoms with E-state index >= 15 is 0 Å². The number of aromatic nitrogens is 2. The fourth-order valence-electron chi connectivity index (χ4n) is 2.05. The molecule has 1 aromatic rings. The first-order valence-electron chi connectivity index (χ1n) is 6.24. The van der Waals surface area contributed by atoms with E-state index < -0.39 is 0 Å². The molecule has 1 N–H and O–H groups in total. The van der Waals surface area contributed by atoms with Crippen molar-refractivity contribution in [2.24, 2.45) is 0 Å². The summed E-state index contributed by atoms with van der Waals surface area (Å²) in [6, 6.07) is 0.0368. The zero-order chi connectivity index (χ0) is 12.8. The van der Waals surface area contributed by atoms with Gasteiger partial charge in [0, 0.05) is 25.6 Å². The van der Waals surface area contributed by atoms with Crippen molar-refractivity contribution in [2.45, 2.75) is 32.0 Å². The predicted molar refractivity (Wildman–Crippen MR) is 65.0 cm³/mol. The Labute approximate surface area is 106 Å². The maximum absolute atomic E-state index is 11.9. The lowest BCUT2D eigenvalue weighted by atomic mass is 10.1. The van der Waals surface area contributed by atoms with Crippen molar-refractivity contribution in [3.8, 4) is 0 Å². The first-order valence-corrected chi connectivity index (χ1v) is 6.24. The molecule has 2 heterocycles. The molecule has 1 saturated heterocycles. The number of imidazole rings is 1. The van der Waals surface area contributed by atoms with Gasteiger partial charge in [-0.15, -0.1) is 0 Å². The quantitative estimate of drug-likeness (QED) is 0.813. The van der Waals surface area contributed by atoms with Crippen LogP contribution in [0.5, 0.6) is 0 Å². The van der Waals surface area contributed by atoms with Gasteiger partial charge in [-0.3, -0.25) is 4.79 Å². The van der Waals surface area contributed by atoms with Gasteiger partial charge in [0.05, 0.1) is 19.0 Å². The van der Waals surface area contributed by atoms with Gasteiger partial charge < -0.3 is 19.4 Å². The lowest BCUT2D eigenvalue weighted by Crippen LogP contribution is -2.50. The number of hydrogen-bond acceptors (Lipinski definition) is 4. The van der Waals surface area contributed by atoms with Crippen LogP contribution >= 0.6 is 0 Å². The second-order valence-electron chi connectivity index (χ2n) is 4.27. The highest BCUT2D eigenvalue weighted by molar-refractivity contribution is 5.76. The van der Waals surface area contributed by atoms with E-state index in [9.17, 15) is 4.79 Å². The zero-order valence-electron chi connectivity index (χ0n) is 10.5. The van der Waals surface area contributed by atoms with Crippen LogP contribution in [0, 0.1) is 0 Å². The molecule has 1 fully saturated rings. The number of ether oxygens (including phenoxy) is 2. The number of amides is 1. The summed E-state index contributed by atoms with van der Waals surface area (Å²) in [6.45, 7) is 4.07. The normalized spacial score (nSPS) is 23.8. The molecule has 1 aliphatic rings. The molecule has 0 bridgehead atoms.